The first kappa shape index (κ1) is 17.3. The standard InChI is InChI=1S/C16H23NO4S/c1-14(18)16(15-6-3-2-4-7-15)8-11-17(12-9-16)10-5-13-21-22(19)20/h2-4,6-7H,5,8-13H2,1H3,(H,19,20). The van der Waals surface area contributed by atoms with Crippen molar-refractivity contribution in [2.24, 2.45) is 0 Å². The van der Waals surface area contributed by atoms with Crippen molar-refractivity contribution in [2.45, 2.75) is 31.6 Å². The smallest absolute Gasteiger partial charge is 0.301 e. The fourth-order valence-corrected chi connectivity index (χ4v) is 3.44. The lowest BCUT2D eigenvalue weighted by Gasteiger charge is -2.40. The number of rotatable bonds is 7. The van der Waals surface area contributed by atoms with Gasteiger partial charge in [-0.2, -0.15) is 4.21 Å². The summed E-state index contributed by atoms with van der Waals surface area (Å²) in [6, 6.07) is 10.0. The first-order chi connectivity index (χ1) is 10.5. The number of ketones is 1. The summed E-state index contributed by atoms with van der Waals surface area (Å²) in [5.41, 5.74) is 0.752. The van der Waals surface area contributed by atoms with Gasteiger partial charge in [0, 0.05) is 6.54 Å². The number of hydrogen-bond acceptors (Lipinski definition) is 4. The van der Waals surface area contributed by atoms with Crippen molar-refractivity contribution >= 4 is 17.1 Å². The molecular weight excluding hydrogens is 302 g/mol. The van der Waals surface area contributed by atoms with Crippen LogP contribution in [0.15, 0.2) is 30.3 Å². The summed E-state index contributed by atoms with van der Waals surface area (Å²) in [5, 5.41) is 0. The lowest BCUT2D eigenvalue weighted by Crippen LogP contribution is -2.46. The van der Waals surface area contributed by atoms with E-state index in [9.17, 15) is 9.00 Å². The molecule has 1 aromatic rings. The van der Waals surface area contributed by atoms with E-state index in [1.54, 1.807) is 6.92 Å². The number of likely N-dealkylation sites (tertiary alicyclic amines) is 1. The summed E-state index contributed by atoms with van der Waals surface area (Å²) >= 11 is -2.18. The van der Waals surface area contributed by atoms with Gasteiger partial charge in [-0.05, 0) is 44.8 Å². The summed E-state index contributed by atoms with van der Waals surface area (Å²) in [6.07, 6.45) is 2.35. The van der Waals surface area contributed by atoms with Gasteiger partial charge in [0.2, 0.25) is 0 Å². The SMILES string of the molecule is CC(=O)C1(c2ccccc2)CCN(CCCOS(=O)O)CC1. The topological polar surface area (TPSA) is 66.8 Å². The van der Waals surface area contributed by atoms with E-state index >= 15 is 0 Å². The van der Waals surface area contributed by atoms with Gasteiger partial charge in [-0.25, -0.2) is 0 Å². The molecule has 22 heavy (non-hydrogen) atoms. The molecule has 6 heteroatoms. The van der Waals surface area contributed by atoms with E-state index in [1.807, 2.05) is 30.3 Å². The van der Waals surface area contributed by atoms with Gasteiger partial charge >= 0.3 is 11.4 Å². The minimum absolute atomic E-state index is 0.234. The number of carbonyl (C=O) groups is 1. The van der Waals surface area contributed by atoms with Crippen LogP contribution >= 0.6 is 0 Å². The second-order valence-corrected chi connectivity index (χ2v) is 6.41. The van der Waals surface area contributed by atoms with Crippen LogP contribution in [-0.2, 0) is 25.8 Å². The van der Waals surface area contributed by atoms with Crippen LogP contribution in [0.1, 0.15) is 31.7 Å². The van der Waals surface area contributed by atoms with Crippen LogP contribution < -0.4 is 0 Å². The maximum Gasteiger partial charge on any atom is 0.301 e. The van der Waals surface area contributed by atoms with E-state index in [2.05, 4.69) is 9.08 Å². The van der Waals surface area contributed by atoms with Crippen LogP contribution in [-0.4, -0.2) is 45.7 Å². The first-order valence-electron chi connectivity index (χ1n) is 7.58. The summed E-state index contributed by atoms with van der Waals surface area (Å²) in [5.74, 6) is 0.234. The van der Waals surface area contributed by atoms with Crippen molar-refractivity contribution in [1.29, 1.82) is 0 Å². The zero-order chi connectivity index (χ0) is 16.0. The Morgan fingerprint density at radius 1 is 1.32 bits per heavy atom. The number of Topliss-reactive ketones (excluding diaryl/α,β-unsaturated/α-hetero) is 1. The van der Waals surface area contributed by atoms with Crippen molar-refractivity contribution in [3.05, 3.63) is 35.9 Å². The molecule has 1 unspecified atom stereocenters. The van der Waals surface area contributed by atoms with Crippen LogP contribution in [0.25, 0.3) is 0 Å². The molecule has 1 fully saturated rings. The Morgan fingerprint density at radius 3 is 2.50 bits per heavy atom. The van der Waals surface area contributed by atoms with Gasteiger partial charge in [0.1, 0.15) is 5.78 Å². The van der Waals surface area contributed by atoms with E-state index in [0.29, 0.717) is 6.42 Å². The van der Waals surface area contributed by atoms with Gasteiger partial charge in [0.15, 0.2) is 0 Å². The van der Waals surface area contributed by atoms with Gasteiger partial charge in [0.25, 0.3) is 0 Å². The molecular formula is C16H23NO4S. The normalized spacial score (nSPS) is 19.7. The summed E-state index contributed by atoms with van der Waals surface area (Å²) in [7, 11) is 0. The second-order valence-electron chi connectivity index (χ2n) is 5.74. The fraction of sp³-hybridized carbons (Fsp3) is 0.562. The van der Waals surface area contributed by atoms with Crippen molar-refractivity contribution < 1.29 is 17.7 Å². The predicted molar refractivity (Wildman–Crippen MR) is 85.8 cm³/mol. The van der Waals surface area contributed by atoms with Gasteiger partial charge in [-0.15, -0.1) is 0 Å². The Morgan fingerprint density at radius 2 is 1.95 bits per heavy atom. The Bertz CT molecular complexity index is 512. The van der Waals surface area contributed by atoms with Crippen LogP contribution in [0.4, 0.5) is 0 Å². The maximum atomic E-state index is 12.3. The van der Waals surface area contributed by atoms with Crippen molar-refractivity contribution in [2.75, 3.05) is 26.2 Å². The lowest BCUT2D eigenvalue weighted by molar-refractivity contribution is -0.124. The van der Waals surface area contributed by atoms with E-state index in [1.165, 1.54) is 0 Å². The van der Waals surface area contributed by atoms with E-state index < -0.39 is 11.4 Å². The molecule has 1 aliphatic heterocycles. The van der Waals surface area contributed by atoms with Crippen LogP contribution in [0, 0.1) is 0 Å². The van der Waals surface area contributed by atoms with Crippen LogP contribution in [0.5, 0.6) is 0 Å². The number of nitrogens with zero attached hydrogens (tertiary/aromatic N) is 1. The molecule has 1 aromatic carbocycles. The van der Waals surface area contributed by atoms with E-state index in [4.69, 9.17) is 4.55 Å². The molecule has 1 aliphatic rings. The molecule has 0 saturated carbocycles. The Kier molecular flexibility index (Phi) is 6.26. The zero-order valence-corrected chi connectivity index (χ0v) is 13.7. The largest absolute Gasteiger partial charge is 0.303 e. The van der Waals surface area contributed by atoms with Crippen molar-refractivity contribution in [1.82, 2.24) is 4.90 Å². The maximum absolute atomic E-state index is 12.3. The van der Waals surface area contributed by atoms with E-state index in [-0.39, 0.29) is 17.8 Å². The molecule has 0 aromatic heterocycles. The summed E-state index contributed by atoms with van der Waals surface area (Å²) in [4.78, 5) is 14.5. The molecule has 1 saturated heterocycles. The first-order valence-corrected chi connectivity index (χ1v) is 8.61. The molecule has 0 aliphatic carbocycles. The van der Waals surface area contributed by atoms with Gasteiger partial charge in [-0.3, -0.25) is 13.5 Å². The molecule has 122 valence electrons. The quantitative estimate of drug-likeness (QED) is 0.614. The number of piperidine rings is 1. The third kappa shape index (κ3) is 4.23. The molecule has 0 spiro atoms. The summed E-state index contributed by atoms with van der Waals surface area (Å²) in [6.45, 7) is 4.50. The molecule has 2 rings (SSSR count). The molecule has 0 bridgehead atoms. The van der Waals surface area contributed by atoms with Crippen LogP contribution in [0.2, 0.25) is 0 Å². The molecule has 1 atom stereocenters. The molecule has 0 radical (unpaired) electrons. The highest BCUT2D eigenvalue weighted by Crippen LogP contribution is 2.36. The summed E-state index contributed by atoms with van der Waals surface area (Å²) < 4.78 is 23.6. The average Bonchev–Trinajstić information content (AvgIpc) is 2.52. The molecule has 0 amide bonds. The fourth-order valence-electron chi connectivity index (χ4n) is 3.18. The Hall–Kier alpha value is -1.08. The molecule has 1 heterocycles. The van der Waals surface area contributed by atoms with Gasteiger partial charge < -0.3 is 4.90 Å². The highest BCUT2D eigenvalue weighted by molar-refractivity contribution is 7.74. The predicted octanol–water partition coefficient (Wildman–Crippen LogP) is 2.15. The van der Waals surface area contributed by atoms with Crippen molar-refractivity contribution in [3.8, 4) is 0 Å². The second kappa shape index (κ2) is 7.97. The highest BCUT2D eigenvalue weighted by Gasteiger charge is 2.39. The monoisotopic (exact) mass is 325 g/mol. The van der Waals surface area contributed by atoms with Crippen molar-refractivity contribution in [3.63, 3.8) is 0 Å². The van der Waals surface area contributed by atoms with Gasteiger partial charge in [-0.1, -0.05) is 30.3 Å². The Balaban J connectivity index is 1.91. The van der Waals surface area contributed by atoms with Gasteiger partial charge in [0.05, 0.1) is 12.0 Å². The lowest BCUT2D eigenvalue weighted by atomic mass is 9.70. The third-order valence-corrected chi connectivity index (χ3v) is 4.88. The highest BCUT2D eigenvalue weighted by atomic mass is 32.2. The minimum atomic E-state index is -2.18. The van der Waals surface area contributed by atoms with E-state index in [0.717, 1.165) is 38.0 Å². The minimum Gasteiger partial charge on any atom is -0.303 e. The number of carbonyl (C=O) groups excluding carboxylic acids is 1. The number of hydrogen-bond donors (Lipinski definition) is 1. The van der Waals surface area contributed by atoms with Crippen LogP contribution in [0.3, 0.4) is 0 Å². The Labute approximate surface area is 134 Å². The average molecular weight is 325 g/mol. The third-order valence-electron chi connectivity index (χ3n) is 4.51. The molecule has 5 nitrogen and oxygen atoms in total. The zero-order valence-electron chi connectivity index (χ0n) is 12.9. The molecule has 1 N–H and O–H groups in total. The number of benzene rings is 1.